The van der Waals surface area contributed by atoms with Crippen LogP contribution in [-0.2, 0) is 0 Å². The van der Waals surface area contributed by atoms with Gasteiger partial charge in [-0.3, -0.25) is 0 Å². The van der Waals surface area contributed by atoms with E-state index >= 15 is 0 Å². The predicted molar refractivity (Wildman–Crippen MR) is 35.3 cm³/mol. The van der Waals surface area contributed by atoms with Gasteiger partial charge in [-0.15, -0.1) is 12.8 Å². The summed E-state index contributed by atoms with van der Waals surface area (Å²) >= 11 is 0. The molecule has 0 nitrogen and oxygen atoms in total. The molecular formula is C8H6. The Labute approximate surface area is 49.2 Å². The summed E-state index contributed by atoms with van der Waals surface area (Å²) in [6, 6.07) is 8.48. The van der Waals surface area contributed by atoms with Crippen LogP contribution < -0.4 is 0 Å². The molecule has 0 radical (unpaired) electrons. The lowest BCUT2D eigenvalue weighted by Gasteiger charge is -1.48. The van der Waals surface area contributed by atoms with Crippen LogP contribution in [0, 0.1) is 12.8 Å². The summed E-state index contributed by atoms with van der Waals surface area (Å²) in [5.41, 5.74) is 2.85. The molecule has 38 valence electrons. The van der Waals surface area contributed by atoms with Crippen molar-refractivity contribution in [1.82, 2.24) is 0 Å². The van der Waals surface area contributed by atoms with E-state index in [-0.39, 0.29) is 0 Å². The second kappa shape index (κ2) is 1.71. The molecule has 2 aliphatic carbocycles. The first-order chi connectivity index (χ1) is 3.97. The van der Waals surface area contributed by atoms with E-state index in [4.69, 9.17) is 0 Å². The summed E-state index contributed by atoms with van der Waals surface area (Å²) in [6.07, 6.45) is 8.00. The van der Waals surface area contributed by atoms with Crippen LogP contribution in [0.4, 0.5) is 0 Å². The summed E-state index contributed by atoms with van der Waals surface area (Å²) in [5, 5.41) is 0. The largest absolute Gasteiger partial charge is 0.124 e. The Balaban J connectivity index is 0.000000147. The molecule has 0 amide bonds. The van der Waals surface area contributed by atoms with Crippen molar-refractivity contribution in [2.45, 2.75) is 0 Å². The van der Waals surface area contributed by atoms with E-state index in [0.29, 0.717) is 0 Å². The molecule has 0 heteroatoms. The van der Waals surface area contributed by atoms with Gasteiger partial charge in [-0.25, -0.2) is 0 Å². The molecular weight excluding hydrogens is 96.1 g/mol. The van der Waals surface area contributed by atoms with Gasteiger partial charge in [0.2, 0.25) is 0 Å². The summed E-state index contributed by atoms with van der Waals surface area (Å²) in [5.74, 6) is 0. The standard InChI is InChI=1S/C6H4.C2H2/c1-2-5-4-6(5)3-1;1-2/h1-4H;1-2H. The maximum absolute atomic E-state index is 4.00. The van der Waals surface area contributed by atoms with E-state index in [2.05, 4.69) is 37.1 Å². The van der Waals surface area contributed by atoms with Gasteiger partial charge < -0.3 is 0 Å². The lowest BCUT2D eigenvalue weighted by Crippen LogP contribution is -1.23. The molecule has 0 saturated heterocycles. The van der Waals surface area contributed by atoms with Crippen molar-refractivity contribution in [3.05, 3.63) is 24.3 Å². The van der Waals surface area contributed by atoms with Crippen molar-refractivity contribution in [3.8, 4) is 24.0 Å². The van der Waals surface area contributed by atoms with Crippen molar-refractivity contribution in [2.75, 3.05) is 0 Å². The second-order valence-corrected chi connectivity index (χ2v) is 1.58. The average molecular weight is 102 g/mol. The first-order valence-electron chi connectivity index (χ1n) is 2.40. The van der Waals surface area contributed by atoms with Gasteiger partial charge in [-0.2, -0.15) is 0 Å². The van der Waals surface area contributed by atoms with Crippen molar-refractivity contribution in [1.29, 1.82) is 0 Å². The number of benzene rings is 1. The van der Waals surface area contributed by atoms with Gasteiger partial charge in [0, 0.05) is 0 Å². The van der Waals surface area contributed by atoms with Gasteiger partial charge in [0.1, 0.15) is 0 Å². The van der Waals surface area contributed by atoms with Gasteiger partial charge in [0.15, 0.2) is 0 Å². The van der Waals surface area contributed by atoms with E-state index in [1.165, 1.54) is 11.1 Å². The van der Waals surface area contributed by atoms with Gasteiger partial charge in [0.05, 0.1) is 0 Å². The highest BCUT2D eigenvalue weighted by Gasteiger charge is 2.06. The van der Waals surface area contributed by atoms with Crippen LogP contribution in [0.15, 0.2) is 24.3 Å². The van der Waals surface area contributed by atoms with E-state index in [0.717, 1.165) is 0 Å². The third-order valence-corrected chi connectivity index (χ3v) is 1.11. The number of fused-ring (bicyclic) bond motifs is 1. The fraction of sp³-hybridized carbons (Fsp3) is 0. The molecule has 0 saturated carbocycles. The van der Waals surface area contributed by atoms with Gasteiger partial charge >= 0.3 is 0 Å². The van der Waals surface area contributed by atoms with Crippen LogP contribution in [0.2, 0.25) is 0 Å². The monoisotopic (exact) mass is 102 g/mol. The quantitative estimate of drug-likeness (QED) is 0.446. The number of hydrogen-bond donors (Lipinski definition) is 0. The maximum Gasteiger partial charge on any atom is -0.0178 e. The fourth-order valence-electron chi connectivity index (χ4n) is 0.676. The summed E-state index contributed by atoms with van der Waals surface area (Å²) < 4.78 is 0. The molecule has 2 rings (SSSR count). The SMILES string of the molecule is C#C.c1cc2cc-2c1. The topological polar surface area (TPSA) is 0 Å². The molecule has 0 spiro atoms. The molecule has 0 unspecified atom stereocenters. The van der Waals surface area contributed by atoms with Crippen LogP contribution in [0.25, 0.3) is 11.1 Å². The van der Waals surface area contributed by atoms with Crippen LogP contribution in [-0.4, -0.2) is 0 Å². The molecule has 0 heterocycles. The van der Waals surface area contributed by atoms with Crippen LogP contribution >= 0.6 is 0 Å². The number of terminal acetylenes is 1. The minimum absolute atomic E-state index is 1.43. The minimum Gasteiger partial charge on any atom is -0.124 e. The number of rotatable bonds is 0. The fourth-order valence-corrected chi connectivity index (χ4v) is 0.676. The van der Waals surface area contributed by atoms with E-state index in [1.54, 1.807) is 0 Å². The summed E-state index contributed by atoms with van der Waals surface area (Å²) in [7, 11) is 0. The van der Waals surface area contributed by atoms with Crippen LogP contribution in [0.1, 0.15) is 0 Å². The lowest BCUT2D eigenvalue weighted by molar-refractivity contribution is 2.01. The Bertz CT molecular complexity index is 191. The Morgan fingerprint density at radius 3 is 1.62 bits per heavy atom. The normalized spacial score (nSPS) is 8.75. The van der Waals surface area contributed by atoms with Gasteiger partial charge in [0.25, 0.3) is 0 Å². The van der Waals surface area contributed by atoms with Gasteiger partial charge in [-0.05, 0) is 17.2 Å². The Kier molecular flexibility index (Phi) is 1.06. The molecule has 0 aliphatic heterocycles. The van der Waals surface area contributed by atoms with Crippen molar-refractivity contribution >= 4 is 0 Å². The van der Waals surface area contributed by atoms with E-state index in [1.807, 2.05) is 0 Å². The molecule has 0 fully saturated rings. The molecule has 2 aliphatic rings. The zero-order valence-electron chi connectivity index (χ0n) is 4.46. The summed E-state index contributed by atoms with van der Waals surface area (Å²) in [6.45, 7) is 0. The van der Waals surface area contributed by atoms with E-state index in [9.17, 15) is 0 Å². The van der Waals surface area contributed by atoms with E-state index < -0.39 is 0 Å². The minimum atomic E-state index is 1.43. The highest BCUT2D eigenvalue weighted by Crippen LogP contribution is 2.32. The average Bonchev–Trinajstić information content (AvgIpc) is 2.46. The van der Waals surface area contributed by atoms with Crippen molar-refractivity contribution in [3.63, 3.8) is 0 Å². The van der Waals surface area contributed by atoms with Crippen LogP contribution in [0.3, 0.4) is 0 Å². The predicted octanol–water partition coefficient (Wildman–Crippen LogP) is 1.92. The first kappa shape index (κ1) is 4.93. The van der Waals surface area contributed by atoms with Crippen molar-refractivity contribution < 1.29 is 0 Å². The molecule has 0 N–H and O–H groups in total. The van der Waals surface area contributed by atoms with Crippen LogP contribution in [0.5, 0.6) is 0 Å². The zero-order valence-corrected chi connectivity index (χ0v) is 4.46. The number of hydrogen-bond acceptors (Lipinski definition) is 0. The molecule has 0 aromatic rings. The Morgan fingerprint density at radius 1 is 1.00 bits per heavy atom. The third kappa shape index (κ3) is 0.588. The highest BCUT2D eigenvalue weighted by atomic mass is 14.1. The first-order valence-corrected chi connectivity index (χ1v) is 2.40. The molecule has 0 bridgehead atoms. The summed E-state index contributed by atoms with van der Waals surface area (Å²) in [4.78, 5) is 0. The third-order valence-electron chi connectivity index (χ3n) is 1.11. The van der Waals surface area contributed by atoms with Gasteiger partial charge in [-0.1, -0.05) is 18.2 Å². The molecule has 0 atom stereocenters. The second-order valence-electron chi connectivity index (χ2n) is 1.58. The smallest absolute Gasteiger partial charge is 0.0178 e. The van der Waals surface area contributed by atoms with Crippen molar-refractivity contribution in [2.24, 2.45) is 0 Å². The lowest BCUT2D eigenvalue weighted by atomic mass is 10.6. The molecule has 8 heavy (non-hydrogen) atoms. The molecule has 0 aromatic heterocycles. The Hall–Kier alpha value is -1.22. The maximum atomic E-state index is 4.00. The Morgan fingerprint density at radius 2 is 1.50 bits per heavy atom. The highest BCUT2D eigenvalue weighted by molar-refractivity contribution is 5.80. The zero-order chi connectivity index (χ0) is 5.98. The molecule has 0 aromatic carbocycles.